The lowest BCUT2D eigenvalue weighted by atomic mass is 9.99. The Hall–Kier alpha value is -3.21. The van der Waals surface area contributed by atoms with E-state index in [0.717, 1.165) is 5.57 Å². The van der Waals surface area contributed by atoms with Gasteiger partial charge in [-0.2, -0.15) is 0 Å². The van der Waals surface area contributed by atoms with Gasteiger partial charge in [-0.05, 0) is 56.2 Å². The monoisotopic (exact) mass is 354 g/mol. The van der Waals surface area contributed by atoms with Gasteiger partial charge in [-0.1, -0.05) is 23.8 Å². The third kappa shape index (κ3) is 4.45. The molecule has 3 N–H and O–H groups in total. The number of carbonyl (C=O) groups is 1. The maximum absolute atomic E-state index is 12.5. The zero-order valence-electron chi connectivity index (χ0n) is 15.0. The lowest BCUT2D eigenvalue weighted by molar-refractivity contribution is 0.0977. The van der Waals surface area contributed by atoms with Crippen LogP contribution in [0.25, 0.3) is 6.08 Å². The molecule has 0 aliphatic heterocycles. The normalized spacial score (nSPS) is 11.1. The molecule has 0 aromatic heterocycles. The fourth-order valence-corrected chi connectivity index (χ4v) is 2.43. The molecule has 0 atom stereocenters. The second kappa shape index (κ2) is 8.25. The maximum atomic E-state index is 12.5. The number of phenols is 2. The van der Waals surface area contributed by atoms with Crippen molar-refractivity contribution in [3.63, 3.8) is 0 Å². The smallest absolute Gasteiger partial charge is 0.231 e. The van der Waals surface area contributed by atoms with Crippen LogP contribution in [0.5, 0.6) is 17.2 Å². The number of allylic oxidation sites excluding steroid dienone is 3. The van der Waals surface area contributed by atoms with Crippen molar-refractivity contribution in [3.8, 4) is 17.2 Å². The van der Waals surface area contributed by atoms with E-state index < -0.39 is 11.5 Å². The lowest BCUT2D eigenvalue weighted by Gasteiger charge is -2.12. The molecule has 0 bridgehead atoms. The minimum Gasteiger partial charge on any atom is -0.508 e. The van der Waals surface area contributed by atoms with Crippen molar-refractivity contribution < 1.29 is 24.9 Å². The fourth-order valence-electron chi connectivity index (χ4n) is 2.43. The molecule has 5 nitrogen and oxygen atoms in total. The number of rotatable bonds is 6. The van der Waals surface area contributed by atoms with Crippen LogP contribution in [0.15, 0.2) is 53.8 Å². The van der Waals surface area contributed by atoms with Gasteiger partial charge in [0, 0.05) is 5.56 Å². The second-order valence-corrected chi connectivity index (χ2v) is 6.08. The van der Waals surface area contributed by atoms with Gasteiger partial charge in [-0.3, -0.25) is 4.79 Å². The lowest BCUT2D eigenvalue weighted by Crippen LogP contribution is -2.05. The highest BCUT2D eigenvalue weighted by Crippen LogP contribution is 2.33. The summed E-state index contributed by atoms with van der Waals surface area (Å²) in [7, 11) is 1.49. The number of hydrogen-bond donors (Lipinski definition) is 3. The molecule has 0 unspecified atom stereocenters. The maximum Gasteiger partial charge on any atom is 0.231 e. The van der Waals surface area contributed by atoms with Gasteiger partial charge in [0.05, 0.1) is 12.7 Å². The number of benzene rings is 2. The van der Waals surface area contributed by atoms with Gasteiger partial charge in [-0.15, -0.1) is 0 Å². The van der Waals surface area contributed by atoms with Crippen LogP contribution in [-0.2, 0) is 6.42 Å². The zero-order valence-corrected chi connectivity index (χ0v) is 15.0. The number of aliphatic hydroxyl groups excluding tert-OH is 1. The molecule has 0 heterocycles. The summed E-state index contributed by atoms with van der Waals surface area (Å²) in [4.78, 5) is 12.5. The van der Waals surface area contributed by atoms with Gasteiger partial charge >= 0.3 is 0 Å². The summed E-state index contributed by atoms with van der Waals surface area (Å²) in [5.74, 6) is -0.860. The Morgan fingerprint density at radius 1 is 1.08 bits per heavy atom. The predicted molar refractivity (Wildman–Crippen MR) is 101 cm³/mol. The van der Waals surface area contributed by atoms with Gasteiger partial charge < -0.3 is 20.1 Å². The Labute approximate surface area is 152 Å². The van der Waals surface area contributed by atoms with E-state index in [9.17, 15) is 20.1 Å². The molecule has 0 amide bonds. The van der Waals surface area contributed by atoms with Gasteiger partial charge in [0.1, 0.15) is 17.2 Å². The summed E-state index contributed by atoms with van der Waals surface area (Å²) in [6, 6.07) is 9.04. The summed E-state index contributed by atoms with van der Waals surface area (Å²) in [5.41, 5.74) is 2.09. The summed E-state index contributed by atoms with van der Waals surface area (Å²) >= 11 is 0. The molecule has 136 valence electrons. The molecule has 26 heavy (non-hydrogen) atoms. The van der Waals surface area contributed by atoms with Crippen LogP contribution in [0.4, 0.5) is 0 Å². The van der Waals surface area contributed by atoms with Crippen molar-refractivity contribution in [2.45, 2.75) is 20.3 Å². The first-order chi connectivity index (χ1) is 12.3. The van der Waals surface area contributed by atoms with Gasteiger partial charge in [-0.25, -0.2) is 0 Å². The van der Waals surface area contributed by atoms with Crippen molar-refractivity contribution in [1.29, 1.82) is 0 Å². The van der Waals surface area contributed by atoms with E-state index in [1.165, 1.54) is 31.4 Å². The van der Waals surface area contributed by atoms with Crippen LogP contribution >= 0.6 is 0 Å². The minimum atomic E-state index is -0.698. The van der Waals surface area contributed by atoms with Crippen LogP contribution in [0.3, 0.4) is 0 Å². The predicted octanol–water partition coefficient (Wildman–Crippen LogP) is 4.40. The molecule has 0 aliphatic rings. The topological polar surface area (TPSA) is 87.0 Å². The van der Waals surface area contributed by atoms with Crippen molar-refractivity contribution in [3.05, 3.63) is 70.5 Å². The molecule has 2 aromatic rings. The highest BCUT2D eigenvalue weighted by atomic mass is 16.5. The first-order valence-corrected chi connectivity index (χ1v) is 8.10. The van der Waals surface area contributed by atoms with Gasteiger partial charge in [0.25, 0.3) is 0 Å². The standard InChI is InChI=1S/C21H22O5/c1-13(2)4-9-16-19(26-3)11-10-17(20(16)24)21(25)18(23)12-14-5-7-15(22)8-6-14/h4-8,10-12,22-24H,9H2,1-3H3/b18-12-. The average Bonchev–Trinajstić information content (AvgIpc) is 2.61. The van der Waals surface area contributed by atoms with Crippen LogP contribution < -0.4 is 4.74 Å². The third-order valence-electron chi connectivity index (χ3n) is 3.85. The summed E-state index contributed by atoms with van der Waals surface area (Å²) in [6.07, 6.45) is 3.60. The number of hydrogen-bond acceptors (Lipinski definition) is 5. The summed E-state index contributed by atoms with van der Waals surface area (Å²) < 4.78 is 5.26. The van der Waals surface area contributed by atoms with E-state index in [4.69, 9.17) is 4.74 Å². The Bertz CT molecular complexity index is 857. The molecular formula is C21H22O5. The van der Waals surface area contributed by atoms with Crippen molar-refractivity contribution in [2.24, 2.45) is 0 Å². The molecule has 0 saturated carbocycles. The Kier molecular flexibility index (Phi) is 6.07. The van der Waals surface area contributed by atoms with Gasteiger partial charge in [0.15, 0.2) is 5.76 Å². The number of phenolic OH excluding ortho intramolecular Hbond substituents is 2. The molecule has 0 saturated heterocycles. The molecule has 0 spiro atoms. The Morgan fingerprint density at radius 2 is 1.73 bits per heavy atom. The minimum absolute atomic E-state index is 0.00418. The Balaban J connectivity index is 2.40. The van der Waals surface area contributed by atoms with Crippen molar-refractivity contribution in [2.75, 3.05) is 7.11 Å². The highest BCUT2D eigenvalue weighted by Gasteiger charge is 2.20. The van der Waals surface area contributed by atoms with Crippen LogP contribution in [0, 0.1) is 0 Å². The quantitative estimate of drug-likeness (QED) is 0.310. The molecule has 2 rings (SSSR count). The molecule has 0 fully saturated rings. The summed E-state index contributed by atoms with van der Waals surface area (Å²) in [5, 5.41) is 30.0. The first kappa shape index (κ1) is 19.1. The van der Waals surface area contributed by atoms with E-state index in [0.29, 0.717) is 23.3 Å². The Morgan fingerprint density at radius 3 is 2.31 bits per heavy atom. The van der Waals surface area contributed by atoms with E-state index in [-0.39, 0.29) is 17.1 Å². The highest BCUT2D eigenvalue weighted by molar-refractivity contribution is 6.11. The average molecular weight is 354 g/mol. The molecule has 0 radical (unpaired) electrons. The van der Waals surface area contributed by atoms with E-state index >= 15 is 0 Å². The number of aromatic hydroxyl groups is 2. The van der Waals surface area contributed by atoms with Crippen LogP contribution in [0.2, 0.25) is 0 Å². The largest absolute Gasteiger partial charge is 0.508 e. The number of ketones is 1. The van der Waals surface area contributed by atoms with Crippen LogP contribution in [-0.4, -0.2) is 28.2 Å². The third-order valence-corrected chi connectivity index (χ3v) is 3.85. The van der Waals surface area contributed by atoms with Gasteiger partial charge in [0.2, 0.25) is 5.78 Å². The van der Waals surface area contributed by atoms with Crippen molar-refractivity contribution in [1.82, 2.24) is 0 Å². The van der Waals surface area contributed by atoms with E-state index in [1.807, 2.05) is 19.9 Å². The van der Waals surface area contributed by atoms with Crippen LogP contribution in [0.1, 0.15) is 35.3 Å². The number of carbonyl (C=O) groups excluding carboxylic acids is 1. The molecule has 5 heteroatoms. The summed E-state index contributed by atoms with van der Waals surface area (Å²) in [6.45, 7) is 3.87. The molecule has 2 aromatic carbocycles. The second-order valence-electron chi connectivity index (χ2n) is 6.08. The van der Waals surface area contributed by atoms with E-state index in [1.54, 1.807) is 18.2 Å². The zero-order chi connectivity index (χ0) is 19.3. The van der Waals surface area contributed by atoms with E-state index in [2.05, 4.69) is 0 Å². The number of aliphatic hydroxyl groups is 1. The SMILES string of the molecule is COc1ccc(C(=O)/C(O)=C/c2ccc(O)cc2)c(O)c1CC=C(C)C. The fraction of sp³-hybridized carbons (Fsp3) is 0.190. The van der Waals surface area contributed by atoms with Crippen molar-refractivity contribution >= 4 is 11.9 Å². The number of ether oxygens (including phenoxy) is 1. The number of Topliss-reactive ketones (excluding diaryl/α,β-unsaturated/α-hetero) is 1. The molecule has 0 aliphatic carbocycles. The molecular weight excluding hydrogens is 332 g/mol. The number of methoxy groups -OCH3 is 1. The first-order valence-electron chi connectivity index (χ1n) is 8.10.